The number of hydrogen-bond donors (Lipinski definition) is 3. The van der Waals surface area contributed by atoms with E-state index in [1.54, 1.807) is 13.0 Å². The Labute approximate surface area is 123 Å². The van der Waals surface area contributed by atoms with Crippen LogP contribution in [0.15, 0.2) is 17.0 Å². The molecule has 0 spiro atoms. The van der Waals surface area contributed by atoms with Crippen molar-refractivity contribution in [2.75, 3.05) is 19.4 Å². The van der Waals surface area contributed by atoms with Gasteiger partial charge in [0.25, 0.3) is 0 Å². The highest BCUT2D eigenvalue weighted by atomic mass is 32.2. The molecule has 1 unspecified atom stereocenters. The van der Waals surface area contributed by atoms with E-state index in [-0.39, 0.29) is 29.1 Å². The van der Waals surface area contributed by atoms with Crippen LogP contribution in [0.5, 0.6) is 5.75 Å². The van der Waals surface area contributed by atoms with Gasteiger partial charge in [-0.15, -0.1) is 0 Å². The summed E-state index contributed by atoms with van der Waals surface area (Å²) in [5, 5.41) is 2.71. The van der Waals surface area contributed by atoms with Gasteiger partial charge in [0.1, 0.15) is 10.6 Å². The minimum atomic E-state index is -3.75. The van der Waals surface area contributed by atoms with Gasteiger partial charge in [-0.3, -0.25) is 4.79 Å². The maximum Gasteiger partial charge on any atom is 0.244 e. The predicted octanol–water partition coefficient (Wildman–Crippen LogP) is 0.143. The molecule has 1 aromatic carbocycles. The SMILES string of the molecule is COc1cc(C)c(N)cc1S(=O)(=O)NCC1CCC(=O)N1. The first-order valence-electron chi connectivity index (χ1n) is 6.56. The van der Waals surface area contributed by atoms with Crippen molar-refractivity contribution in [1.29, 1.82) is 0 Å². The lowest BCUT2D eigenvalue weighted by Crippen LogP contribution is -2.38. The predicted molar refractivity (Wildman–Crippen MR) is 78.5 cm³/mol. The van der Waals surface area contributed by atoms with E-state index in [1.165, 1.54) is 13.2 Å². The number of ether oxygens (including phenoxy) is 1. The second kappa shape index (κ2) is 5.90. The Kier molecular flexibility index (Phi) is 4.38. The third kappa shape index (κ3) is 3.45. The molecular weight excluding hydrogens is 294 g/mol. The van der Waals surface area contributed by atoms with E-state index >= 15 is 0 Å². The average molecular weight is 313 g/mol. The Hall–Kier alpha value is -1.80. The summed E-state index contributed by atoms with van der Waals surface area (Å²) in [6.07, 6.45) is 1.04. The van der Waals surface area contributed by atoms with Crippen LogP contribution in [0.4, 0.5) is 5.69 Å². The number of carbonyl (C=O) groups is 1. The molecule has 1 saturated heterocycles. The highest BCUT2D eigenvalue weighted by Crippen LogP contribution is 2.28. The van der Waals surface area contributed by atoms with Crippen LogP contribution in [-0.2, 0) is 14.8 Å². The highest BCUT2D eigenvalue weighted by molar-refractivity contribution is 7.89. The van der Waals surface area contributed by atoms with Crippen molar-refractivity contribution in [3.8, 4) is 5.75 Å². The molecule has 2 rings (SSSR count). The topological polar surface area (TPSA) is 111 Å². The summed E-state index contributed by atoms with van der Waals surface area (Å²) >= 11 is 0. The van der Waals surface area contributed by atoms with E-state index < -0.39 is 10.0 Å². The first kappa shape index (κ1) is 15.6. The van der Waals surface area contributed by atoms with E-state index in [9.17, 15) is 13.2 Å². The number of anilines is 1. The fourth-order valence-corrected chi connectivity index (χ4v) is 3.43. The van der Waals surface area contributed by atoms with Gasteiger partial charge in [0.05, 0.1) is 7.11 Å². The molecule has 1 atom stereocenters. The maximum atomic E-state index is 12.4. The molecule has 1 fully saturated rings. The number of hydrogen-bond acceptors (Lipinski definition) is 5. The quantitative estimate of drug-likeness (QED) is 0.670. The van der Waals surface area contributed by atoms with Gasteiger partial charge in [0.15, 0.2) is 0 Å². The molecule has 8 heteroatoms. The number of aryl methyl sites for hydroxylation is 1. The summed E-state index contributed by atoms with van der Waals surface area (Å²) in [4.78, 5) is 11.1. The molecule has 1 amide bonds. The van der Waals surface area contributed by atoms with Gasteiger partial charge in [0.2, 0.25) is 15.9 Å². The normalized spacial score (nSPS) is 18.6. The Morgan fingerprint density at radius 3 is 2.76 bits per heavy atom. The molecule has 7 nitrogen and oxygen atoms in total. The summed E-state index contributed by atoms with van der Waals surface area (Å²) in [5.41, 5.74) is 6.90. The number of sulfonamides is 1. The number of nitrogens with one attached hydrogen (secondary N) is 2. The summed E-state index contributed by atoms with van der Waals surface area (Å²) in [6, 6.07) is 2.78. The van der Waals surface area contributed by atoms with Gasteiger partial charge in [-0.05, 0) is 31.0 Å². The summed E-state index contributed by atoms with van der Waals surface area (Å²) < 4.78 is 32.3. The number of nitrogens with two attached hydrogens (primary N) is 1. The molecule has 0 radical (unpaired) electrons. The number of amides is 1. The fourth-order valence-electron chi connectivity index (χ4n) is 2.17. The van der Waals surface area contributed by atoms with Crippen LogP contribution in [-0.4, -0.2) is 34.0 Å². The van der Waals surface area contributed by atoms with Crippen LogP contribution in [0.2, 0.25) is 0 Å². The van der Waals surface area contributed by atoms with Crippen molar-refractivity contribution in [1.82, 2.24) is 10.0 Å². The minimum absolute atomic E-state index is 0.00239. The number of nitrogen functional groups attached to an aromatic ring is 1. The Morgan fingerprint density at radius 2 is 2.19 bits per heavy atom. The fraction of sp³-hybridized carbons (Fsp3) is 0.462. The van der Waals surface area contributed by atoms with E-state index in [4.69, 9.17) is 10.5 Å². The Bertz CT molecular complexity index is 658. The lowest BCUT2D eigenvalue weighted by atomic mass is 10.2. The third-order valence-electron chi connectivity index (χ3n) is 3.45. The van der Waals surface area contributed by atoms with Crippen LogP contribution in [0.3, 0.4) is 0 Å². The number of benzene rings is 1. The standard InChI is InChI=1S/C13H19N3O4S/c1-8-5-11(20-2)12(6-10(8)14)21(18,19)15-7-9-3-4-13(17)16-9/h5-6,9,15H,3-4,7,14H2,1-2H3,(H,16,17). The third-order valence-corrected chi connectivity index (χ3v) is 4.89. The largest absolute Gasteiger partial charge is 0.495 e. The first-order valence-corrected chi connectivity index (χ1v) is 8.05. The highest BCUT2D eigenvalue weighted by Gasteiger charge is 2.25. The van der Waals surface area contributed by atoms with Gasteiger partial charge in [-0.1, -0.05) is 0 Å². The zero-order chi connectivity index (χ0) is 15.6. The number of methoxy groups -OCH3 is 1. The van der Waals surface area contributed by atoms with E-state index in [0.29, 0.717) is 18.5 Å². The van der Waals surface area contributed by atoms with E-state index in [2.05, 4.69) is 10.0 Å². The smallest absolute Gasteiger partial charge is 0.244 e. The molecule has 1 aromatic rings. The van der Waals surface area contributed by atoms with Crippen molar-refractivity contribution >= 4 is 21.6 Å². The molecule has 4 N–H and O–H groups in total. The molecule has 1 heterocycles. The zero-order valence-electron chi connectivity index (χ0n) is 12.0. The summed E-state index contributed by atoms with van der Waals surface area (Å²) in [5.74, 6) is 0.181. The Morgan fingerprint density at radius 1 is 1.48 bits per heavy atom. The number of rotatable bonds is 5. The van der Waals surface area contributed by atoms with Crippen molar-refractivity contribution in [3.63, 3.8) is 0 Å². The molecular formula is C13H19N3O4S. The van der Waals surface area contributed by atoms with Gasteiger partial charge in [-0.2, -0.15) is 0 Å². The Balaban J connectivity index is 2.19. The molecule has 0 aliphatic carbocycles. The molecule has 0 bridgehead atoms. The van der Waals surface area contributed by atoms with Crippen LogP contribution >= 0.6 is 0 Å². The van der Waals surface area contributed by atoms with E-state index in [0.717, 1.165) is 5.56 Å². The molecule has 21 heavy (non-hydrogen) atoms. The van der Waals surface area contributed by atoms with Gasteiger partial charge < -0.3 is 15.8 Å². The molecule has 0 aromatic heterocycles. The summed E-state index contributed by atoms with van der Waals surface area (Å²) in [6.45, 7) is 1.92. The van der Waals surface area contributed by atoms with Crippen molar-refractivity contribution in [2.24, 2.45) is 0 Å². The molecule has 116 valence electrons. The molecule has 0 saturated carbocycles. The maximum absolute atomic E-state index is 12.4. The summed E-state index contributed by atoms with van der Waals surface area (Å²) in [7, 11) is -2.35. The van der Waals surface area contributed by atoms with Crippen LogP contribution in [0.25, 0.3) is 0 Å². The lowest BCUT2D eigenvalue weighted by Gasteiger charge is -2.15. The minimum Gasteiger partial charge on any atom is -0.495 e. The van der Waals surface area contributed by atoms with Crippen LogP contribution in [0.1, 0.15) is 18.4 Å². The zero-order valence-corrected chi connectivity index (χ0v) is 12.8. The first-order chi connectivity index (χ1) is 9.83. The second-order valence-electron chi connectivity index (χ2n) is 5.01. The second-order valence-corrected chi connectivity index (χ2v) is 6.75. The van der Waals surface area contributed by atoms with Crippen molar-refractivity contribution in [2.45, 2.75) is 30.7 Å². The lowest BCUT2D eigenvalue weighted by molar-refractivity contribution is -0.119. The van der Waals surface area contributed by atoms with Crippen LogP contribution < -0.4 is 20.5 Å². The van der Waals surface area contributed by atoms with Crippen molar-refractivity contribution < 1.29 is 17.9 Å². The van der Waals surface area contributed by atoms with Gasteiger partial charge in [0, 0.05) is 24.7 Å². The average Bonchev–Trinajstić information content (AvgIpc) is 2.85. The molecule has 1 aliphatic rings. The van der Waals surface area contributed by atoms with Gasteiger partial charge in [-0.25, -0.2) is 13.1 Å². The number of carbonyl (C=O) groups excluding carboxylic acids is 1. The molecule has 1 aliphatic heterocycles. The monoisotopic (exact) mass is 313 g/mol. The van der Waals surface area contributed by atoms with Gasteiger partial charge >= 0.3 is 0 Å². The van der Waals surface area contributed by atoms with Crippen LogP contribution in [0, 0.1) is 6.92 Å². The van der Waals surface area contributed by atoms with Crippen molar-refractivity contribution in [3.05, 3.63) is 17.7 Å². The van der Waals surface area contributed by atoms with E-state index in [1.807, 2.05) is 0 Å².